The van der Waals surface area contributed by atoms with Gasteiger partial charge in [0.2, 0.25) is 5.95 Å². The summed E-state index contributed by atoms with van der Waals surface area (Å²) in [6.07, 6.45) is 6.48. The Kier molecular flexibility index (Phi) is 6.39. The molecule has 0 spiro atoms. The van der Waals surface area contributed by atoms with E-state index in [9.17, 15) is 0 Å². The third kappa shape index (κ3) is 6.40. The van der Waals surface area contributed by atoms with Gasteiger partial charge in [-0.05, 0) is 31.2 Å². The quantitative estimate of drug-likeness (QED) is 0.669. The molecule has 5 nitrogen and oxygen atoms in total. The summed E-state index contributed by atoms with van der Waals surface area (Å²) < 4.78 is 5.64. The SMILES string of the molecule is CC(C)CNCc1cnc(N(C)CCOCC2CC2)nc1. The molecule has 0 unspecified atom stereocenters. The molecule has 0 aromatic carbocycles. The van der Waals surface area contributed by atoms with Gasteiger partial charge in [0, 0.05) is 44.7 Å². The van der Waals surface area contributed by atoms with Crippen LogP contribution in [0, 0.1) is 11.8 Å². The minimum atomic E-state index is 0.659. The number of hydrogen-bond donors (Lipinski definition) is 1. The maximum absolute atomic E-state index is 5.64. The number of nitrogens with one attached hydrogen (secondary N) is 1. The summed E-state index contributed by atoms with van der Waals surface area (Å²) in [5.74, 6) is 2.24. The summed E-state index contributed by atoms with van der Waals surface area (Å²) in [5.41, 5.74) is 1.12. The Morgan fingerprint density at radius 3 is 2.67 bits per heavy atom. The molecule has 1 aromatic rings. The summed E-state index contributed by atoms with van der Waals surface area (Å²) in [5, 5.41) is 3.39. The summed E-state index contributed by atoms with van der Waals surface area (Å²) in [4.78, 5) is 10.9. The third-order valence-electron chi connectivity index (χ3n) is 3.54. The average molecular weight is 292 g/mol. The zero-order valence-electron chi connectivity index (χ0n) is 13.5. The zero-order chi connectivity index (χ0) is 15.1. The van der Waals surface area contributed by atoms with E-state index in [4.69, 9.17) is 4.74 Å². The first-order valence-corrected chi connectivity index (χ1v) is 7.95. The highest BCUT2D eigenvalue weighted by Crippen LogP contribution is 2.28. The van der Waals surface area contributed by atoms with Crippen LogP contribution in [0.2, 0.25) is 0 Å². The predicted molar refractivity (Wildman–Crippen MR) is 85.4 cm³/mol. The van der Waals surface area contributed by atoms with Crippen LogP contribution in [0.25, 0.3) is 0 Å². The lowest BCUT2D eigenvalue weighted by atomic mass is 10.2. The predicted octanol–water partition coefficient (Wildman–Crippen LogP) is 2.08. The fourth-order valence-corrected chi connectivity index (χ4v) is 1.98. The van der Waals surface area contributed by atoms with Gasteiger partial charge in [0.05, 0.1) is 6.61 Å². The molecule has 0 aliphatic heterocycles. The van der Waals surface area contributed by atoms with Crippen LogP contribution in [0.3, 0.4) is 0 Å². The second kappa shape index (κ2) is 8.29. The lowest BCUT2D eigenvalue weighted by Crippen LogP contribution is -2.25. The van der Waals surface area contributed by atoms with Gasteiger partial charge in [-0.25, -0.2) is 9.97 Å². The summed E-state index contributed by atoms with van der Waals surface area (Å²) in [6.45, 7) is 8.73. The molecule has 1 N–H and O–H groups in total. The molecule has 1 heterocycles. The van der Waals surface area contributed by atoms with Crippen LogP contribution in [0.5, 0.6) is 0 Å². The largest absolute Gasteiger partial charge is 0.379 e. The van der Waals surface area contributed by atoms with Crippen molar-refractivity contribution in [2.45, 2.75) is 33.2 Å². The molecule has 0 saturated heterocycles. The topological polar surface area (TPSA) is 50.3 Å². The number of likely N-dealkylation sites (N-methyl/N-ethyl adjacent to an activating group) is 1. The molecule has 0 radical (unpaired) electrons. The molecule has 0 atom stereocenters. The van der Waals surface area contributed by atoms with Crippen LogP contribution in [-0.2, 0) is 11.3 Å². The van der Waals surface area contributed by atoms with Gasteiger partial charge >= 0.3 is 0 Å². The lowest BCUT2D eigenvalue weighted by molar-refractivity contribution is 0.130. The van der Waals surface area contributed by atoms with E-state index < -0.39 is 0 Å². The Labute approximate surface area is 128 Å². The van der Waals surface area contributed by atoms with Crippen LogP contribution >= 0.6 is 0 Å². The highest BCUT2D eigenvalue weighted by Gasteiger charge is 2.21. The molecular formula is C16H28N4O. The first-order valence-electron chi connectivity index (χ1n) is 7.95. The molecule has 1 aliphatic rings. The second-order valence-electron chi connectivity index (χ2n) is 6.36. The third-order valence-corrected chi connectivity index (χ3v) is 3.54. The Balaban J connectivity index is 1.66. The molecule has 118 valence electrons. The monoisotopic (exact) mass is 292 g/mol. The van der Waals surface area contributed by atoms with E-state index in [0.717, 1.165) is 50.3 Å². The first-order chi connectivity index (χ1) is 10.1. The molecule has 1 saturated carbocycles. The van der Waals surface area contributed by atoms with Crippen molar-refractivity contribution in [1.82, 2.24) is 15.3 Å². The summed E-state index contributed by atoms with van der Waals surface area (Å²) in [6, 6.07) is 0. The minimum absolute atomic E-state index is 0.659. The fraction of sp³-hybridized carbons (Fsp3) is 0.750. The van der Waals surface area contributed by atoms with Crippen molar-refractivity contribution in [3.8, 4) is 0 Å². The smallest absolute Gasteiger partial charge is 0.225 e. The van der Waals surface area contributed by atoms with Gasteiger partial charge in [-0.15, -0.1) is 0 Å². The van der Waals surface area contributed by atoms with E-state index in [1.807, 2.05) is 24.3 Å². The second-order valence-corrected chi connectivity index (χ2v) is 6.36. The Morgan fingerprint density at radius 2 is 2.05 bits per heavy atom. The minimum Gasteiger partial charge on any atom is -0.379 e. The van der Waals surface area contributed by atoms with Gasteiger partial charge in [-0.1, -0.05) is 13.8 Å². The summed E-state index contributed by atoms with van der Waals surface area (Å²) >= 11 is 0. The highest BCUT2D eigenvalue weighted by molar-refractivity contribution is 5.28. The van der Waals surface area contributed by atoms with E-state index in [-0.39, 0.29) is 0 Å². The average Bonchev–Trinajstić information content (AvgIpc) is 3.28. The van der Waals surface area contributed by atoms with Gasteiger partial charge in [0.25, 0.3) is 0 Å². The van der Waals surface area contributed by atoms with E-state index in [1.165, 1.54) is 12.8 Å². The van der Waals surface area contributed by atoms with Crippen LogP contribution in [0.1, 0.15) is 32.3 Å². The highest BCUT2D eigenvalue weighted by atomic mass is 16.5. The molecule has 0 bridgehead atoms. The molecule has 1 fully saturated rings. The maximum Gasteiger partial charge on any atom is 0.225 e. The van der Waals surface area contributed by atoms with Crippen molar-refractivity contribution in [3.05, 3.63) is 18.0 Å². The van der Waals surface area contributed by atoms with E-state index >= 15 is 0 Å². The normalized spacial score (nSPS) is 14.7. The number of aromatic nitrogens is 2. The van der Waals surface area contributed by atoms with Crippen molar-refractivity contribution >= 4 is 5.95 Å². The van der Waals surface area contributed by atoms with Gasteiger partial charge in [0.15, 0.2) is 0 Å². The van der Waals surface area contributed by atoms with Crippen LogP contribution in [-0.4, -0.2) is 43.3 Å². The van der Waals surface area contributed by atoms with E-state index in [0.29, 0.717) is 5.92 Å². The molecule has 0 amide bonds. The molecule has 2 rings (SSSR count). The van der Waals surface area contributed by atoms with Crippen molar-refractivity contribution in [2.24, 2.45) is 11.8 Å². The van der Waals surface area contributed by atoms with Gasteiger partial charge in [0.1, 0.15) is 0 Å². The van der Waals surface area contributed by atoms with Gasteiger partial charge in [-0.2, -0.15) is 0 Å². The van der Waals surface area contributed by atoms with E-state index in [2.05, 4.69) is 29.1 Å². The lowest BCUT2D eigenvalue weighted by Gasteiger charge is -2.17. The van der Waals surface area contributed by atoms with Crippen LogP contribution < -0.4 is 10.2 Å². The number of hydrogen-bond acceptors (Lipinski definition) is 5. The first kappa shape index (κ1) is 16.2. The molecular weight excluding hydrogens is 264 g/mol. The molecule has 21 heavy (non-hydrogen) atoms. The Hall–Kier alpha value is -1.20. The van der Waals surface area contributed by atoms with Crippen molar-refractivity contribution in [3.63, 3.8) is 0 Å². The van der Waals surface area contributed by atoms with Crippen molar-refractivity contribution in [1.29, 1.82) is 0 Å². The summed E-state index contributed by atoms with van der Waals surface area (Å²) in [7, 11) is 2.01. The fourth-order valence-electron chi connectivity index (χ4n) is 1.98. The van der Waals surface area contributed by atoms with E-state index in [1.54, 1.807) is 0 Å². The molecule has 5 heteroatoms. The number of nitrogens with zero attached hydrogens (tertiary/aromatic N) is 3. The molecule has 1 aliphatic carbocycles. The number of rotatable bonds is 10. The maximum atomic E-state index is 5.64. The van der Waals surface area contributed by atoms with Crippen molar-refractivity contribution < 1.29 is 4.74 Å². The standard InChI is InChI=1S/C16H28N4O/c1-13(2)8-17-9-15-10-18-16(19-11-15)20(3)6-7-21-12-14-4-5-14/h10-11,13-14,17H,4-9,12H2,1-3H3. The van der Waals surface area contributed by atoms with Crippen molar-refractivity contribution in [2.75, 3.05) is 38.3 Å². The Bertz CT molecular complexity index is 403. The zero-order valence-corrected chi connectivity index (χ0v) is 13.5. The van der Waals surface area contributed by atoms with Gasteiger partial charge in [-0.3, -0.25) is 0 Å². The van der Waals surface area contributed by atoms with Crippen LogP contribution in [0.15, 0.2) is 12.4 Å². The van der Waals surface area contributed by atoms with Crippen LogP contribution in [0.4, 0.5) is 5.95 Å². The molecule has 1 aromatic heterocycles. The number of anilines is 1. The Morgan fingerprint density at radius 1 is 1.33 bits per heavy atom. The number of ether oxygens (including phenoxy) is 1. The van der Waals surface area contributed by atoms with Gasteiger partial charge < -0.3 is 15.0 Å².